The highest BCUT2D eigenvalue weighted by Crippen LogP contribution is 2.27. The van der Waals surface area contributed by atoms with Crippen molar-refractivity contribution in [3.63, 3.8) is 0 Å². The molecule has 0 N–H and O–H groups in total. The Hall–Kier alpha value is 0. The summed E-state index contributed by atoms with van der Waals surface area (Å²) < 4.78 is 0. The van der Waals surface area contributed by atoms with Gasteiger partial charge in [0, 0.05) is 0 Å². The van der Waals surface area contributed by atoms with Crippen molar-refractivity contribution in [1.82, 2.24) is 0 Å². The predicted molar refractivity (Wildman–Crippen MR) is 66.2 cm³/mol. The Bertz CT molecular complexity index is 117. The minimum Gasteiger partial charge on any atom is -0.0654 e. The molecular formula is C14H29. The van der Waals surface area contributed by atoms with E-state index in [4.69, 9.17) is 0 Å². The van der Waals surface area contributed by atoms with E-state index in [9.17, 15) is 0 Å². The smallest absolute Gasteiger partial charge is 0.0391 e. The molecular weight excluding hydrogens is 168 g/mol. The summed E-state index contributed by atoms with van der Waals surface area (Å²) in [6, 6.07) is 0. The maximum absolute atomic E-state index is 3.94. The highest BCUT2D eigenvalue weighted by atomic mass is 14.2. The Morgan fingerprint density at radius 2 is 1.50 bits per heavy atom. The molecule has 0 heterocycles. The summed E-state index contributed by atoms with van der Waals surface area (Å²) in [4.78, 5) is 0. The van der Waals surface area contributed by atoms with E-state index in [0.717, 1.165) is 24.2 Å². The van der Waals surface area contributed by atoms with Crippen molar-refractivity contribution in [3.8, 4) is 0 Å². The molecule has 85 valence electrons. The minimum atomic E-state index is 0.851. The van der Waals surface area contributed by atoms with Gasteiger partial charge in [-0.2, -0.15) is 0 Å². The van der Waals surface area contributed by atoms with Crippen LogP contribution in [0.25, 0.3) is 0 Å². The summed E-state index contributed by atoms with van der Waals surface area (Å²) in [5, 5.41) is 0. The molecule has 0 saturated heterocycles. The van der Waals surface area contributed by atoms with Crippen molar-refractivity contribution in [2.45, 2.75) is 66.2 Å². The average Bonchev–Trinajstić information content (AvgIpc) is 2.17. The van der Waals surface area contributed by atoms with Gasteiger partial charge < -0.3 is 0 Å². The van der Waals surface area contributed by atoms with Gasteiger partial charge in [0.25, 0.3) is 0 Å². The monoisotopic (exact) mass is 197 g/mol. The lowest BCUT2D eigenvalue weighted by Crippen LogP contribution is -2.16. The molecule has 0 aromatic heterocycles. The largest absolute Gasteiger partial charge is 0.0654 e. The second-order valence-electron chi connectivity index (χ2n) is 4.95. The molecule has 0 saturated carbocycles. The molecule has 0 aliphatic carbocycles. The third-order valence-corrected chi connectivity index (χ3v) is 3.72. The molecule has 1 radical (unpaired) electrons. The first kappa shape index (κ1) is 14.0. The zero-order valence-corrected chi connectivity index (χ0v) is 10.7. The first-order valence-electron chi connectivity index (χ1n) is 6.42. The topological polar surface area (TPSA) is 0 Å². The maximum Gasteiger partial charge on any atom is -0.0391 e. The quantitative estimate of drug-likeness (QED) is 0.475. The van der Waals surface area contributed by atoms with Crippen LogP contribution in [0.4, 0.5) is 0 Å². The lowest BCUT2D eigenvalue weighted by atomic mass is 9.80. The van der Waals surface area contributed by atoms with Crippen molar-refractivity contribution < 1.29 is 0 Å². The summed E-state index contributed by atoms with van der Waals surface area (Å²) in [5.74, 6) is 2.61. The minimum absolute atomic E-state index is 0.851. The van der Waals surface area contributed by atoms with Gasteiger partial charge in [0.1, 0.15) is 0 Å². The third-order valence-electron chi connectivity index (χ3n) is 3.72. The van der Waals surface area contributed by atoms with Crippen molar-refractivity contribution in [1.29, 1.82) is 0 Å². The van der Waals surface area contributed by atoms with Crippen LogP contribution in [0.3, 0.4) is 0 Å². The summed E-state index contributed by atoms with van der Waals surface area (Å²) in [6.07, 6.45) is 7.96. The first-order valence-corrected chi connectivity index (χ1v) is 6.42. The molecule has 0 aliphatic heterocycles. The molecule has 0 aromatic rings. The number of rotatable bonds is 8. The van der Waals surface area contributed by atoms with Crippen molar-refractivity contribution >= 4 is 0 Å². The average molecular weight is 197 g/mol. The molecule has 0 aliphatic rings. The van der Waals surface area contributed by atoms with E-state index in [1.165, 1.54) is 32.1 Å². The molecule has 0 rings (SSSR count). The molecule has 0 aromatic carbocycles. The van der Waals surface area contributed by atoms with Crippen LogP contribution in [-0.4, -0.2) is 0 Å². The zero-order valence-electron chi connectivity index (χ0n) is 10.7. The van der Waals surface area contributed by atoms with E-state index in [1.807, 2.05) is 0 Å². The standard InChI is InChI=1S/C14H29/c1-6-8-9-11-13(4)14(5)12(3)10-7-2/h12-14H,2,6-11H2,1,3-5H3. The van der Waals surface area contributed by atoms with Gasteiger partial charge in [0.2, 0.25) is 0 Å². The van der Waals surface area contributed by atoms with Gasteiger partial charge in [0.15, 0.2) is 0 Å². The van der Waals surface area contributed by atoms with E-state index in [0.29, 0.717) is 0 Å². The third kappa shape index (κ3) is 5.67. The second kappa shape index (κ2) is 8.32. The van der Waals surface area contributed by atoms with Gasteiger partial charge in [-0.25, -0.2) is 0 Å². The molecule has 0 spiro atoms. The molecule has 14 heavy (non-hydrogen) atoms. The van der Waals surface area contributed by atoms with E-state index >= 15 is 0 Å². The van der Waals surface area contributed by atoms with Crippen LogP contribution in [0.2, 0.25) is 0 Å². The van der Waals surface area contributed by atoms with Gasteiger partial charge in [-0.3, -0.25) is 0 Å². The van der Waals surface area contributed by atoms with Gasteiger partial charge in [-0.15, -0.1) is 0 Å². The van der Waals surface area contributed by atoms with Gasteiger partial charge >= 0.3 is 0 Å². The summed E-state index contributed by atoms with van der Waals surface area (Å²) in [7, 11) is 0. The van der Waals surface area contributed by atoms with Crippen molar-refractivity contribution in [2.75, 3.05) is 0 Å². The molecule has 0 nitrogen and oxygen atoms in total. The second-order valence-corrected chi connectivity index (χ2v) is 4.95. The fourth-order valence-corrected chi connectivity index (χ4v) is 2.12. The molecule has 0 bridgehead atoms. The molecule has 0 heteroatoms. The summed E-state index contributed by atoms with van der Waals surface area (Å²) >= 11 is 0. The summed E-state index contributed by atoms with van der Waals surface area (Å²) in [6.45, 7) is 13.4. The molecule has 0 amide bonds. The van der Waals surface area contributed by atoms with Crippen LogP contribution >= 0.6 is 0 Å². The highest BCUT2D eigenvalue weighted by Gasteiger charge is 2.17. The van der Waals surface area contributed by atoms with E-state index in [-0.39, 0.29) is 0 Å². The number of hydrogen-bond acceptors (Lipinski definition) is 0. The lowest BCUT2D eigenvalue weighted by molar-refractivity contribution is 0.250. The van der Waals surface area contributed by atoms with Crippen LogP contribution in [0, 0.1) is 24.7 Å². The van der Waals surface area contributed by atoms with Crippen LogP contribution in [0.1, 0.15) is 66.2 Å². The fourth-order valence-electron chi connectivity index (χ4n) is 2.12. The normalized spacial score (nSPS) is 17.8. The van der Waals surface area contributed by atoms with Gasteiger partial charge in [0.05, 0.1) is 0 Å². The Morgan fingerprint density at radius 1 is 0.929 bits per heavy atom. The SMILES string of the molecule is [CH2]CCC(C)C(C)C(C)CCCCC. The first-order chi connectivity index (χ1) is 6.63. The van der Waals surface area contributed by atoms with Crippen LogP contribution in [0.5, 0.6) is 0 Å². The molecule has 0 fully saturated rings. The van der Waals surface area contributed by atoms with Crippen molar-refractivity contribution in [2.24, 2.45) is 17.8 Å². The maximum atomic E-state index is 3.94. The Morgan fingerprint density at radius 3 is 2.00 bits per heavy atom. The van der Waals surface area contributed by atoms with Crippen LogP contribution in [0.15, 0.2) is 0 Å². The Balaban J connectivity index is 3.68. The number of hydrogen-bond donors (Lipinski definition) is 0. The van der Waals surface area contributed by atoms with E-state index in [1.54, 1.807) is 0 Å². The highest BCUT2D eigenvalue weighted by molar-refractivity contribution is 4.68. The van der Waals surface area contributed by atoms with Gasteiger partial charge in [-0.05, 0) is 17.8 Å². The fraction of sp³-hybridized carbons (Fsp3) is 0.929. The predicted octanol–water partition coefficient (Wildman–Crippen LogP) is 5.09. The van der Waals surface area contributed by atoms with Crippen LogP contribution < -0.4 is 0 Å². The van der Waals surface area contributed by atoms with E-state index < -0.39 is 0 Å². The molecule has 3 unspecified atom stereocenters. The van der Waals surface area contributed by atoms with Crippen LogP contribution in [-0.2, 0) is 0 Å². The van der Waals surface area contributed by atoms with Gasteiger partial charge in [-0.1, -0.05) is 73.1 Å². The van der Waals surface area contributed by atoms with Crippen molar-refractivity contribution in [3.05, 3.63) is 6.92 Å². The van der Waals surface area contributed by atoms with E-state index in [2.05, 4.69) is 34.6 Å². The summed E-state index contributed by atoms with van der Waals surface area (Å²) in [5.41, 5.74) is 0. The number of unbranched alkanes of at least 4 members (excludes halogenated alkanes) is 2. The zero-order chi connectivity index (χ0) is 11.0. The lowest BCUT2D eigenvalue weighted by Gasteiger charge is -2.25. The molecule has 3 atom stereocenters. The Labute approximate surface area is 91.5 Å². The Kier molecular flexibility index (Phi) is 8.32.